The van der Waals surface area contributed by atoms with Crippen molar-refractivity contribution in [2.75, 3.05) is 4.90 Å². The molecule has 2 atom stereocenters. The molecule has 2 aliphatic rings. The lowest BCUT2D eigenvalue weighted by atomic mass is 9.90. The van der Waals surface area contributed by atoms with E-state index < -0.39 is 0 Å². The third-order valence-corrected chi connectivity index (χ3v) is 9.38. The molecule has 0 N–H and O–H groups in total. The molecule has 7 aromatic rings. The maximum atomic E-state index is 6.27. The van der Waals surface area contributed by atoms with Gasteiger partial charge in [-0.15, -0.1) is 0 Å². The number of furan rings is 1. The summed E-state index contributed by atoms with van der Waals surface area (Å²) in [5.74, 6) is 1.04. The molecule has 1 aliphatic heterocycles. The Kier molecular flexibility index (Phi) is 6.13. The predicted molar refractivity (Wildman–Crippen MR) is 190 cm³/mol. The van der Waals surface area contributed by atoms with Crippen molar-refractivity contribution in [2.45, 2.75) is 18.6 Å². The van der Waals surface area contributed by atoms with Crippen molar-refractivity contribution < 1.29 is 9.15 Å². The van der Waals surface area contributed by atoms with E-state index >= 15 is 0 Å². The topological polar surface area (TPSA) is 38.0 Å². The summed E-state index contributed by atoms with van der Waals surface area (Å²) in [6.45, 7) is 4.25. The van der Waals surface area contributed by atoms with Crippen LogP contribution in [-0.4, -0.2) is 12.8 Å². The molecule has 1 aliphatic carbocycles. The molecule has 0 saturated heterocycles. The molecule has 0 saturated carbocycles. The van der Waals surface area contributed by atoms with Crippen LogP contribution in [0.1, 0.15) is 17.0 Å². The zero-order valence-corrected chi connectivity index (χ0v) is 25.1. The molecule has 0 radical (unpaired) electrons. The van der Waals surface area contributed by atoms with Crippen molar-refractivity contribution in [3.05, 3.63) is 157 Å². The van der Waals surface area contributed by atoms with Crippen molar-refractivity contribution in [1.29, 1.82) is 0 Å². The Labute approximate surface area is 267 Å². The standard InChI is InChI=1S/C42H30N2O2/c1-43-42-40(23-22-39-41(42)34-11-5-7-13-38(34)46-39)45-26-27-14-16-28(17-15-27)29-18-20-32(21-19-29)44-36-12-6-4-10-33(36)35-24-30-8-2-3-9-31(30)25-37(35)44/h2-25,33,36H,1,26H2. The van der Waals surface area contributed by atoms with Crippen LogP contribution < -0.4 is 9.64 Å². The summed E-state index contributed by atoms with van der Waals surface area (Å²) in [5.41, 5.74) is 9.62. The van der Waals surface area contributed by atoms with Crippen LogP contribution in [0.15, 0.2) is 155 Å². The number of nitrogens with zero attached hydrogens (tertiary/aromatic N) is 2. The van der Waals surface area contributed by atoms with Crippen LogP contribution in [-0.2, 0) is 6.61 Å². The van der Waals surface area contributed by atoms with Crippen LogP contribution in [0.3, 0.4) is 0 Å². The van der Waals surface area contributed by atoms with Crippen molar-refractivity contribution in [3.8, 4) is 16.9 Å². The quantitative estimate of drug-likeness (QED) is 0.180. The third kappa shape index (κ3) is 4.26. The minimum Gasteiger partial charge on any atom is -0.487 e. The second kappa shape index (κ2) is 10.6. The van der Waals surface area contributed by atoms with Crippen LogP contribution >= 0.6 is 0 Å². The summed E-state index contributed by atoms with van der Waals surface area (Å²) < 4.78 is 12.3. The summed E-state index contributed by atoms with van der Waals surface area (Å²) in [4.78, 5) is 6.82. The Morgan fingerprint density at radius 2 is 1.43 bits per heavy atom. The van der Waals surface area contributed by atoms with Gasteiger partial charge in [-0.2, -0.15) is 0 Å². The molecule has 4 heteroatoms. The fourth-order valence-electron chi connectivity index (χ4n) is 7.14. The van der Waals surface area contributed by atoms with Gasteiger partial charge in [0, 0.05) is 22.7 Å². The van der Waals surface area contributed by atoms with Gasteiger partial charge in [0.1, 0.15) is 29.2 Å². The van der Waals surface area contributed by atoms with Gasteiger partial charge in [0.2, 0.25) is 0 Å². The number of anilines is 2. The second-order valence-corrected chi connectivity index (χ2v) is 12.0. The van der Waals surface area contributed by atoms with Crippen LogP contribution in [0, 0.1) is 0 Å². The molecule has 0 fully saturated rings. The van der Waals surface area contributed by atoms with Crippen molar-refractivity contribution in [3.63, 3.8) is 0 Å². The number of rotatable bonds is 6. The maximum Gasteiger partial charge on any atom is 0.146 e. The van der Waals surface area contributed by atoms with Gasteiger partial charge in [-0.3, -0.25) is 4.99 Å². The Morgan fingerprint density at radius 3 is 2.24 bits per heavy atom. The molecule has 2 heterocycles. The van der Waals surface area contributed by atoms with E-state index in [0.717, 1.165) is 27.5 Å². The van der Waals surface area contributed by atoms with E-state index in [1.807, 2.05) is 36.4 Å². The van der Waals surface area contributed by atoms with E-state index in [0.29, 0.717) is 24.0 Å². The minimum absolute atomic E-state index is 0.270. The van der Waals surface area contributed by atoms with Crippen LogP contribution in [0.5, 0.6) is 5.75 Å². The molecular formula is C42H30N2O2. The lowest BCUT2D eigenvalue weighted by molar-refractivity contribution is 0.308. The Hall–Kier alpha value is -5.87. The van der Waals surface area contributed by atoms with Gasteiger partial charge in [0.25, 0.3) is 0 Å². The number of benzene rings is 6. The lowest BCUT2D eigenvalue weighted by Crippen LogP contribution is -2.28. The van der Waals surface area contributed by atoms with E-state index in [9.17, 15) is 0 Å². The normalized spacial score (nSPS) is 16.7. The van der Waals surface area contributed by atoms with E-state index in [1.54, 1.807) is 0 Å². The molecule has 9 rings (SSSR count). The SMILES string of the molecule is C=Nc1c(OCc2ccc(-c3ccc(N4c5cc6ccccc6cc5C5C=CC=CC54)cc3)cc2)ccc2oc3ccccc3c12. The number of ether oxygens (including phenoxy) is 1. The minimum atomic E-state index is 0.270. The summed E-state index contributed by atoms with van der Waals surface area (Å²) in [5, 5.41) is 4.50. The summed E-state index contributed by atoms with van der Waals surface area (Å²) >= 11 is 0. The van der Waals surface area contributed by atoms with Gasteiger partial charge in [-0.05, 0) is 82.2 Å². The highest BCUT2D eigenvalue weighted by molar-refractivity contribution is 6.12. The molecule has 0 amide bonds. The van der Waals surface area contributed by atoms with Crippen LogP contribution in [0.25, 0.3) is 43.8 Å². The first-order valence-corrected chi connectivity index (χ1v) is 15.7. The average molecular weight is 595 g/mol. The van der Waals surface area contributed by atoms with Gasteiger partial charge in [0.15, 0.2) is 0 Å². The summed E-state index contributed by atoms with van der Waals surface area (Å²) in [6.07, 6.45) is 9.01. The molecule has 4 nitrogen and oxygen atoms in total. The van der Waals surface area contributed by atoms with Gasteiger partial charge >= 0.3 is 0 Å². The molecular weight excluding hydrogens is 564 g/mol. The Morgan fingerprint density at radius 1 is 0.717 bits per heavy atom. The van der Waals surface area contributed by atoms with E-state index in [4.69, 9.17) is 9.15 Å². The number of aliphatic imine (C=N–C) groups is 1. The molecule has 2 unspecified atom stereocenters. The molecule has 46 heavy (non-hydrogen) atoms. The number of hydrogen-bond acceptors (Lipinski definition) is 4. The highest BCUT2D eigenvalue weighted by atomic mass is 16.5. The summed E-state index contributed by atoms with van der Waals surface area (Å²) in [6, 6.07) is 43.0. The number of allylic oxidation sites excluding steroid dienone is 2. The maximum absolute atomic E-state index is 6.27. The highest BCUT2D eigenvalue weighted by Crippen LogP contribution is 2.49. The van der Waals surface area contributed by atoms with Crippen molar-refractivity contribution in [2.24, 2.45) is 4.99 Å². The van der Waals surface area contributed by atoms with E-state index in [1.165, 1.54) is 38.8 Å². The number of hydrogen-bond donors (Lipinski definition) is 0. The average Bonchev–Trinajstić information content (AvgIpc) is 3.65. The van der Waals surface area contributed by atoms with Crippen LogP contribution in [0.4, 0.5) is 17.1 Å². The van der Waals surface area contributed by atoms with Crippen LogP contribution in [0.2, 0.25) is 0 Å². The fourth-order valence-corrected chi connectivity index (χ4v) is 7.14. The highest BCUT2D eigenvalue weighted by Gasteiger charge is 2.37. The van der Waals surface area contributed by atoms with Crippen molar-refractivity contribution in [1.82, 2.24) is 0 Å². The Bertz CT molecular complexity index is 2350. The van der Waals surface area contributed by atoms with Gasteiger partial charge in [-0.25, -0.2) is 0 Å². The smallest absolute Gasteiger partial charge is 0.146 e. The first-order valence-electron chi connectivity index (χ1n) is 15.7. The third-order valence-electron chi connectivity index (χ3n) is 9.38. The van der Waals surface area contributed by atoms with Gasteiger partial charge in [-0.1, -0.05) is 103 Å². The van der Waals surface area contributed by atoms with Crippen molar-refractivity contribution >= 4 is 56.5 Å². The lowest BCUT2D eigenvalue weighted by Gasteiger charge is -2.29. The number of para-hydroxylation sites is 1. The second-order valence-electron chi connectivity index (χ2n) is 12.0. The van der Waals surface area contributed by atoms with Gasteiger partial charge in [0.05, 0.1) is 11.4 Å². The molecule has 0 spiro atoms. The largest absolute Gasteiger partial charge is 0.487 e. The summed E-state index contributed by atoms with van der Waals surface area (Å²) in [7, 11) is 0. The zero-order valence-electron chi connectivity index (χ0n) is 25.1. The zero-order chi connectivity index (χ0) is 30.6. The van der Waals surface area contributed by atoms with E-state index in [2.05, 4.69) is 126 Å². The van der Waals surface area contributed by atoms with Gasteiger partial charge < -0.3 is 14.1 Å². The first-order chi connectivity index (χ1) is 22.7. The fraction of sp³-hybridized carbons (Fsp3) is 0.0714. The molecule has 6 aromatic carbocycles. The molecule has 1 aromatic heterocycles. The molecule has 220 valence electrons. The predicted octanol–water partition coefficient (Wildman–Crippen LogP) is 11.0. The monoisotopic (exact) mass is 594 g/mol. The Balaban J connectivity index is 0.960. The first kappa shape index (κ1) is 26.5. The number of fused-ring (bicyclic) bond motifs is 7. The molecule has 0 bridgehead atoms. The van der Waals surface area contributed by atoms with E-state index in [-0.39, 0.29) is 6.04 Å².